The van der Waals surface area contributed by atoms with Crippen LogP contribution in [0.1, 0.15) is 5.89 Å². The van der Waals surface area contributed by atoms with Gasteiger partial charge in [-0.15, -0.1) is 8.78 Å². The molecule has 202 valence electrons. The molecule has 0 unspecified atom stereocenters. The first-order chi connectivity index (χ1) is 18.9. The molecule has 1 aliphatic rings. The minimum absolute atomic E-state index is 0.115. The molecular weight excluding hydrogens is 542 g/mol. The largest absolute Gasteiger partial charge is 0.586 e. The molecule has 0 spiro atoms. The number of aromatic nitrogens is 1. The standard InChI is InChI=1S/C28H20F2N4O5S/c1-16-34-26(19-7-9-24-25(14-19)39-28(29,30)38-24)27(37-16)22-13-18(6-8-23(22)33-11-10-20(32)15-31)17-4-3-5-21(12-17)40(2,35)36/h3-14,32-33H,1-2H3/b11-10-,32-20?. The van der Waals surface area contributed by atoms with Crippen molar-refractivity contribution in [1.82, 2.24) is 4.98 Å². The molecule has 5 rings (SSSR count). The number of halogens is 2. The van der Waals surface area contributed by atoms with Crippen LogP contribution >= 0.6 is 0 Å². The Morgan fingerprint density at radius 2 is 1.77 bits per heavy atom. The summed E-state index contributed by atoms with van der Waals surface area (Å²) < 4.78 is 66.6. The van der Waals surface area contributed by atoms with Crippen LogP contribution in [0.2, 0.25) is 0 Å². The molecule has 4 aromatic rings. The van der Waals surface area contributed by atoms with Crippen LogP contribution in [0.3, 0.4) is 0 Å². The third-order valence-corrected chi connectivity index (χ3v) is 6.99. The molecular formula is C28H20F2N4O5S. The number of allylic oxidation sites excluding steroid dienone is 1. The number of alkyl halides is 2. The van der Waals surface area contributed by atoms with Gasteiger partial charge in [0, 0.05) is 36.2 Å². The number of nitrogens with one attached hydrogen (secondary N) is 2. The van der Waals surface area contributed by atoms with Gasteiger partial charge in [-0.05, 0) is 59.7 Å². The van der Waals surface area contributed by atoms with Crippen LogP contribution in [0.5, 0.6) is 11.5 Å². The van der Waals surface area contributed by atoms with Gasteiger partial charge in [-0.2, -0.15) is 5.26 Å². The van der Waals surface area contributed by atoms with E-state index in [2.05, 4.69) is 19.8 Å². The van der Waals surface area contributed by atoms with Crippen LogP contribution < -0.4 is 14.8 Å². The van der Waals surface area contributed by atoms with Gasteiger partial charge in [-0.25, -0.2) is 13.4 Å². The molecule has 40 heavy (non-hydrogen) atoms. The second kappa shape index (κ2) is 9.94. The predicted octanol–water partition coefficient (Wildman–Crippen LogP) is 6.18. The average molecular weight is 563 g/mol. The van der Waals surface area contributed by atoms with E-state index in [1.165, 1.54) is 30.5 Å². The van der Waals surface area contributed by atoms with E-state index in [1.54, 1.807) is 55.5 Å². The van der Waals surface area contributed by atoms with Crippen molar-refractivity contribution in [2.45, 2.75) is 18.1 Å². The Morgan fingerprint density at radius 1 is 1.05 bits per heavy atom. The summed E-state index contributed by atoms with van der Waals surface area (Å²) >= 11 is 0. The summed E-state index contributed by atoms with van der Waals surface area (Å²) in [5, 5.41) is 19.5. The highest BCUT2D eigenvalue weighted by Gasteiger charge is 2.43. The number of hydrogen-bond acceptors (Lipinski definition) is 9. The van der Waals surface area contributed by atoms with Crippen molar-refractivity contribution in [3.8, 4) is 51.3 Å². The first-order valence-corrected chi connectivity index (χ1v) is 13.6. The second-order valence-corrected chi connectivity index (χ2v) is 10.8. The monoisotopic (exact) mass is 562 g/mol. The van der Waals surface area contributed by atoms with Crippen LogP contribution in [0.4, 0.5) is 14.5 Å². The smallest absolute Gasteiger partial charge is 0.440 e. The number of nitrogens with zero attached hydrogens (tertiary/aromatic N) is 2. The van der Waals surface area contributed by atoms with E-state index in [0.29, 0.717) is 39.5 Å². The highest BCUT2D eigenvalue weighted by molar-refractivity contribution is 7.90. The van der Waals surface area contributed by atoms with Crippen molar-refractivity contribution in [3.63, 3.8) is 0 Å². The average Bonchev–Trinajstić information content (AvgIpc) is 3.45. The van der Waals surface area contributed by atoms with Crippen LogP contribution in [0.25, 0.3) is 33.7 Å². The third kappa shape index (κ3) is 5.41. The normalized spacial score (nSPS) is 13.8. The maximum Gasteiger partial charge on any atom is 0.586 e. The van der Waals surface area contributed by atoms with Crippen molar-refractivity contribution < 1.29 is 31.1 Å². The summed E-state index contributed by atoms with van der Waals surface area (Å²) in [7, 11) is -3.45. The van der Waals surface area contributed by atoms with Crippen molar-refractivity contribution in [3.05, 3.63) is 78.8 Å². The number of aryl methyl sites for hydroxylation is 1. The Hall–Kier alpha value is -5.02. The molecule has 0 amide bonds. The fraction of sp³-hybridized carbons (Fsp3) is 0.107. The van der Waals surface area contributed by atoms with Gasteiger partial charge in [-0.1, -0.05) is 18.2 Å². The van der Waals surface area contributed by atoms with Gasteiger partial charge < -0.3 is 19.2 Å². The van der Waals surface area contributed by atoms with E-state index in [4.69, 9.17) is 15.1 Å². The van der Waals surface area contributed by atoms with Crippen molar-refractivity contribution in [2.24, 2.45) is 0 Å². The lowest BCUT2D eigenvalue weighted by atomic mass is 9.98. The minimum Gasteiger partial charge on any atom is -0.440 e. The zero-order valence-corrected chi connectivity index (χ0v) is 21.8. The SMILES string of the molecule is Cc1nc(-c2ccc3c(c2)OC(F)(F)O3)c(-c2cc(-c3cccc(S(C)(=O)=O)c3)ccc2N/C=C\C(=N)C#N)o1. The number of anilines is 1. The van der Waals surface area contributed by atoms with Gasteiger partial charge >= 0.3 is 6.29 Å². The van der Waals surface area contributed by atoms with Crippen molar-refractivity contribution in [1.29, 1.82) is 10.7 Å². The zero-order chi connectivity index (χ0) is 28.7. The number of fused-ring (bicyclic) bond motifs is 1. The lowest BCUT2D eigenvalue weighted by molar-refractivity contribution is -0.286. The van der Waals surface area contributed by atoms with E-state index < -0.39 is 16.1 Å². The second-order valence-electron chi connectivity index (χ2n) is 8.80. The van der Waals surface area contributed by atoms with Crippen LogP contribution in [-0.2, 0) is 9.84 Å². The number of sulfone groups is 1. The summed E-state index contributed by atoms with van der Waals surface area (Å²) in [6, 6.07) is 17.7. The number of benzene rings is 3. The van der Waals surface area contributed by atoms with Gasteiger partial charge in [0.2, 0.25) is 0 Å². The first kappa shape index (κ1) is 26.6. The Morgan fingerprint density at radius 3 is 2.52 bits per heavy atom. The molecule has 0 fully saturated rings. The van der Waals surface area contributed by atoms with Crippen molar-refractivity contribution >= 4 is 21.2 Å². The number of hydrogen-bond donors (Lipinski definition) is 2. The Kier molecular flexibility index (Phi) is 6.60. The molecule has 1 aliphatic heterocycles. The molecule has 2 heterocycles. The predicted molar refractivity (Wildman–Crippen MR) is 143 cm³/mol. The van der Waals surface area contributed by atoms with Crippen LogP contribution in [0, 0.1) is 23.7 Å². The Balaban J connectivity index is 1.65. The zero-order valence-electron chi connectivity index (χ0n) is 21.0. The molecule has 3 aromatic carbocycles. The summed E-state index contributed by atoms with van der Waals surface area (Å²) in [6.07, 6.45) is 0.0389. The maximum atomic E-state index is 13.6. The van der Waals surface area contributed by atoms with E-state index in [0.717, 1.165) is 6.26 Å². The van der Waals surface area contributed by atoms with Gasteiger partial charge in [-0.3, -0.25) is 5.41 Å². The molecule has 9 nitrogen and oxygen atoms in total. The van der Waals surface area contributed by atoms with Gasteiger partial charge in [0.25, 0.3) is 0 Å². The Labute approximate surface area is 227 Å². The first-order valence-electron chi connectivity index (χ1n) is 11.7. The highest BCUT2D eigenvalue weighted by atomic mass is 32.2. The molecule has 0 aliphatic carbocycles. The van der Waals surface area contributed by atoms with Gasteiger partial charge in [0.15, 0.2) is 33.0 Å². The highest BCUT2D eigenvalue weighted by Crippen LogP contribution is 2.45. The molecule has 0 bridgehead atoms. The van der Waals surface area contributed by atoms with Crippen LogP contribution in [-0.4, -0.2) is 31.7 Å². The van der Waals surface area contributed by atoms with Crippen LogP contribution in [0.15, 0.2) is 82.3 Å². The summed E-state index contributed by atoms with van der Waals surface area (Å²) in [4.78, 5) is 4.63. The molecule has 0 saturated heterocycles. The molecule has 1 aromatic heterocycles. The fourth-order valence-corrected chi connectivity index (χ4v) is 4.76. The van der Waals surface area contributed by atoms with E-state index in [9.17, 15) is 17.2 Å². The Bertz CT molecular complexity index is 1840. The number of rotatable bonds is 7. The topological polar surface area (TPSA) is 138 Å². The van der Waals surface area contributed by atoms with Gasteiger partial charge in [0.1, 0.15) is 17.5 Å². The summed E-state index contributed by atoms with van der Waals surface area (Å²) in [5.41, 5.74) is 2.77. The van der Waals surface area contributed by atoms with E-state index in [-0.39, 0.29) is 27.9 Å². The molecule has 0 saturated carbocycles. The van der Waals surface area contributed by atoms with E-state index in [1.807, 2.05) is 0 Å². The molecule has 0 atom stereocenters. The van der Waals surface area contributed by atoms with Crippen molar-refractivity contribution in [2.75, 3.05) is 11.6 Å². The number of oxazole rings is 1. The lowest BCUT2D eigenvalue weighted by Crippen LogP contribution is -2.25. The number of nitriles is 1. The summed E-state index contributed by atoms with van der Waals surface area (Å²) in [5.74, 6) is 0.313. The molecule has 0 radical (unpaired) electrons. The number of ether oxygens (including phenoxy) is 2. The fourth-order valence-electron chi connectivity index (χ4n) is 4.10. The summed E-state index contributed by atoms with van der Waals surface area (Å²) in [6.45, 7) is 1.63. The molecule has 2 N–H and O–H groups in total. The maximum absolute atomic E-state index is 13.6. The quantitative estimate of drug-likeness (QED) is 0.255. The minimum atomic E-state index is -3.78. The van der Waals surface area contributed by atoms with Gasteiger partial charge in [0.05, 0.1) is 4.90 Å². The third-order valence-electron chi connectivity index (χ3n) is 5.88. The lowest BCUT2D eigenvalue weighted by Gasteiger charge is -2.12. The molecule has 12 heteroatoms. The van der Waals surface area contributed by atoms with E-state index >= 15 is 0 Å².